The van der Waals surface area contributed by atoms with Crippen molar-refractivity contribution in [3.05, 3.63) is 21.9 Å². The third kappa shape index (κ3) is 1.55. The van der Waals surface area contributed by atoms with Crippen molar-refractivity contribution in [3.8, 4) is 0 Å². The molecule has 2 rings (SSSR count). The first kappa shape index (κ1) is 8.25. The van der Waals surface area contributed by atoms with Gasteiger partial charge in [-0.25, -0.2) is 0 Å². The molecule has 0 saturated heterocycles. The van der Waals surface area contributed by atoms with Crippen LogP contribution in [0.25, 0.3) is 0 Å². The molecule has 0 radical (unpaired) electrons. The monoisotopic (exact) mass is 196 g/mol. The number of amides is 1. The Bertz CT molecular complexity index is 370. The van der Waals surface area contributed by atoms with Crippen LogP contribution >= 0.6 is 11.3 Å². The quantitative estimate of drug-likeness (QED) is 0.724. The highest BCUT2D eigenvalue weighted by molar-refractivity contribution is 7.12. The van der Waals surface area contributed by atoms with Gasteiger partial charge in [0, 0.05) is 0 Å². The highest BCUT2D eigenvalue weighted by Gasteiger charge is 2.16. The van der Waals surface area contributed by atoms with E-state index >= 15 is 0 Å². The van der Waals surface area contributed by atoms with Gasteiger partial charge in [-0.05, 0) is 23.9 Å². The minimum atomic E-state index is -0.155. The molecule has 5 heteroatoms. The molecule has 0 saturated carbocycles. The number of oxime groups is 1. The van der Waals surface area contributed by atoms with Crippen LogP contribution < -0.4 is 5.32 Å². The summed E-state index contributed by atoms with van der Waals surface area (Å²) in [4.78, 5) is 16.7. The van der Waals surface area contributed by atoms with E-state index in [1.54, 1.807) is 0 Å². The average Bonchev–Trinajstić information content (AvgIpc) is 2.51. The Morgan fingerprint density at radius 2 is 2.54 bits per heavy atom. The van der Waals surface area contributed by atoms with Crippen LogP contribution in [-0.4, -0.2) is 18.3 Å². The van der Waals surface area contributed by atoms with Crippen molar-refractivity contribution in [1.82, 2.24) is 5.32 Å². The van der Waals surface area contributed by atoms with Gasteiger partial charge in [0.15, 0.2) is 12.4 Å². The fourth-order valence-corrected chi connectivity index (χ4v) is 1.92. The maximum absolute atomic E-state index is 11.0. The minimum absolute atomic E-state index is 0.00786. The predicted molar refractivity (Wildman–Crippen MR) is 49.7 cm³/mol. The molecule has 1 aromatic heterocycles. The summed E-state index contributed by atoms with van der Waals surface area (Å²) in [5.74, 6) is 0.363. The van der Waals surface area contributed by atoms with E-state index in [4.69, 9.17) is 4.84 Å². The zero-order valence-electron chi connectivity index (χ0n) is 7.03. The summed E-state index contributed by atoms with van der Waals surface area (Å²) < 4.78 is 0. The van der Waals surface area contributed by atoms with Gasteiger partial charge in [0.2, 0.25) is 0 Å². The lowest BCUT2D eigenvalue weighted by Gasteiger charge is -2.11. The Balaban J connectivity index is 2.31. The van der Waals surface area contributed by atoms with E-state index in [1.807, 2.05) is 18.4 Å². The van der Waals surface area contributed by atoms with Gasteiger partial charge in [0.25, 0.3) is 5.91 Å². The molecule has 0 fully saturated rings. The van der Waals surface area contributed by atoms with Crippen LogP contribution in [0.15, 0.2) is 16.6 Å². The number of aryl methyl sites for hydroxylation is 1. The fourth-order valence-electron chi connectivity index (χ4n) is 1.06. The van der Waals surface area contributed by atoms with Crippen LogP contribution in [0.2, 0.25) is 0 Å². The smallest absolute Gasteiger partial charge is 0.266 e. The lowest BCUT2D eigenvalue weighted by atomic mass is 10.3. The second-order valence-corrected chi connectivity index (χ2v) is 3.61. The van der Waals surface area contributed by atoms with E-state index in [-0.39, 0.29) is 12.5 Å². The SMILES string of the molecule is Cc1ccsc1C1=NOCC(=O)N1. The molecule has 13 heavy (non-hydrogen) atoms. The highest BCUT2D eigenvalue weighted by Crippen LogP contribution is 2.16. The van der Waals surface area contributed by atoms with E-state index in [9.17, 15) is 4.79 Å². The van der Waals surface area contributed by atoms with Gasteiger partial charge < -0.3 is 10.2 Å². The highest BCUT2D eigenvalue weighted by atomic mass is 32.1. The average molecular weight is 196 g/mol. The van der Waals surface area contributed by atoms with E-state index in [0.29, 0.717) is 5.84 Å². The molecular formula is C8H8N2O2S. The van der Waals surface area contributed by atoms with E-state index in [2.05, 4.69) is 10.5 Å². The standard InChI is InChI=1S/C8H8N2O2S/c1-5-2-3-13-7(5)8-9-6(11)4-12-10-8/h2-3H,4H2,1H3,(H,9,10,11). The molecule has 68 valence electrons. The van der Waals surface area contributed by atoms with Gasteiger partial charge >= 0.3 is 0 Å². The number of hydrogen-bond acceptors (Lipinski definition) is 4. The molecule has 4 nitrogen and oxygen atoms in total. The minimum Gasteiger partial charge on any atom is -0.384 e. The van der Waals surface area contributed by atoms with Crippen molar-refractivity contribution in [2.45, 2.75) is 6.92 Å². The molecule has 0 aliphatic carbocycles. The third-order valence-corrected chi connectivity index (χ3v) is 2.71. The number of nitrogens with one attached hydrogen (secondary N) is 1. The molecular weight excluding hydrogens is 188 g/mol. The Hall–Kier alpha value is -1.36. The molecule has 2 heterocycles. The number of hydrogen-bond donors (Lipinski definition) is 1. The number of rotatable bonds is 1. The number of amidine groups is 1. The second kappa shape index (κ2) is 3.18. The van der Waals surface area contributed by atoms with E-state index in [0.717, 1.165) is 10.4 Å². The summed E-state index contributed by atoms with van der Waals surface area (Å²) in [7, 11) is 0. The Kier molecular flexibility index (Phi) is 2.02. The van der Waals surface area contributed by atoms with Crippen molar-refractivity contribution in [2.75, 3.05) is 6.61 Å². The molecule has 1 aliphatic heterocycles. The molecule has 0 unspecified atom stereocenters. The normalized spacial score (nSPS) is 16.1. The predicted octanol–water partition coefficient (Wildman–Crippen LogP) is 0.865. The van der Waals surface area contributed by atoms with E-state index in [1.165, 1.54) is 11.3 Å². The van der Waals surface area contributed by atoms with Crippen molar-refractivity contribution in [1.29, 1.82) is 0 Å². The molecule has 0 aromatic carbocycles. The lowest BCUT2D eigenvalue weighted by Crippen LogP contribution is -2.37. The van der Waals surface area contributed by atoms with Crippen molar-refractivity contribution in [3.63, 3.8) is 0 Å². The largest absolute Gasteiger partial charge is 0.384 e. The van der Waals surface area contributed by atoms with Crippen molar-refractivity contribution < 1.29 is 9.63 Å². The van der Waals surface area contributed by atoms with Gasteiger partial charge in [-0.15, -0.1) is 11.3 Å². The van der Waals surface area contributed by atoms with Gasteiger partial charge in [-0.2, -0.15) is 0 Å². The topological polar surface area (TPSA) is 50.7 Å². The summed E-state index contributed by atoms with van der Waals surface area (Å²) in [5.41, 5.74) is 1.09. The summed E-state index contributed by atoms with van der Waals surface area (Å²) in [6, 6.07) is 1.98. The number of carbonyl (C=O) groups is 1. The first-order chi connectivity index (χ1) is 6.27. The van der Waals surface area contributed by atoms with Crippen LogP contribution in [-0.2, 0) is 9.63 Å². The second-order valence-electron chi connectivity index (χ2n) is 2.69. The maximum Gasteiger partial charge on any atom is 0.266 e. The molecule has 1 N–H and O–H groups in total. The Morgan fingerprint density at radius 3 is 3.15 bits per heavy atom. The summed E-state index contributed by atoms with van der Waals surface area (Å²) in [6.45, 7) is 1.98. The first-order valence-electron chi connectivity index (χ1n) is 3.81. The number of carbonyl (C=O) groups excluding carboxylic acids is 1. The molecule has 1 aliphatic rings. The fraction of sp³-hybridized carbons (Fsp3) is 0.250. The van der Waals surface area contributed by atoms with E-state index < -0.39 is 0 Å². The Morgan fingerprint density at radius 1 is 1.69 bits per heavy atom. The van der Waals surface area contributed by atoms with Gasteiger partial charge in [-0.3, -0.25) is 4.79 Å². The van der Waals surface area contributed by atoms with Crippen molar-refractivity contribution in [2.24, 2.45) is 5.16 Å². The van der Waals surface area contributed by atoms with Gasteiger partial charge in [0.1, 0.15) is 0 Å². The Labute approximate surface area is 79.2 Å². The van der Waals surface area contributed by atoms with Crippen molar-refractivity contribution >= 4 is 23.1 Å². The first-order valence-corrected chi connectivity index (χ1v) is 4.69. The molecule has 0 spiro atoms. The third-order valence-electron chi connectivity index (χ3n) is 1.69. The summed E-state index contributed by atoms with van der Waals surface area (Å²) in [5, 5.41) is 8.39. The van der Waals surface area contributed by atoms with Crippen LogP contribution in [0.1, 0.15) is 10.4 Å². The van der Waals surface area contributed by atoms with Gasteiger partial charge in [0.05, 0.1) is 4.88 Å². The summed E-state index contributed by atoms with van der Waals surface area (Å²) in [6.07, 6.45) is 0. The number of nitrogens with zero attached hydrogens (tertiary/aromatic N) is 1. The zero-order valence-corrected chi connectivity index (χ0v) is 7.85. The zero-order chi connectivity index (χ0) is 9.26. The van der Waals surface area contributed by atoms with Crippen LogP contribution in [0.5, 0.6) is 0 Å². The summed E-state index contributed by atoms with van der Waals surface area (Å²) >= 11 is 1.53. The van der Waals surface area contributed by atoms with Crippen LogP contribution in [0.3, 0.4) is 0 Å². The molecule has 0 atom stereocenters. The van der Waals surface area contributed by atoms with Crippen LogP contribution in [0, 0.1) is 6.92 Å². The molecule has 1 amide bonds. The van der Waals surface area contributed by atoms with Crippen LogP contribution in [0.4, 0.5) is 0 Å². The maximum atomic E-state index is 11.0. The van der Waals surface area contributed by atoms with Gasteiger partial charge in [-0.1, -0.05) is 5.16 Å². The number of thiophene rings is 1. The lowest BCUT2D eigenvalue weighted by molar-refractivity contribution is -0.125. The molecule has 1 aromatic rings. The molecule has 0 bridgehead atoms.